The Morgan fingerprint density at radius 2 is 1.20 bits per heavy atom. The van der Waals surface area contributed by atoms with Gasteiger partial charge in [-0.25, -0.2) is 4.57 Å². The van der Waals surface area contributed by atoms with Crippen LogP contribution in [0.4, 0.5) is 0 Å². The van der Waals surface area contributed by atoms with Crippen LogP contribution < -0.4 is 0 Å². The van der Waals surface area contributed by atoms with Crippen LogP contribution in [-0.2, 0) is 32.7 Å². The van der Waals surface area contributed by atoms with Gasteiger partial charge in [0.05, 0.1) is 33.9 Å². The second-order valence-corrected chi connectivity index (χ2v) is 16.3. The molecule has 3 atom stereocenters. The lowest BCUT2D eigenvalue weighted by Gasteiger charge is -2.24. The first-order valence-corrected chi connectivity index (χ1v) is 22.3. The van der Waals surface area contributed by atoms with Gasteiger partial charge in [-0.1, -0.05) is 125 Å². The molecule has 2 N–H and O–H groups in total. The molecular formula is C44H77NO9P+. The molecule has 0 aromatic heterocycles. The summed E-state index contributed by atoms with van der Waals surface area (Å²) in [6.45, 7) is 4.00. The Morgan fingerprint density at radius 1 is 0.655 bits per heavy atom. The number of esters is 2. The van der Waals surface area contributed by atoms with Gasteiger partial charge in [0.25, 0.3) is 0 Å². The summed E-state index contributed by atoms with van der Waals surface area (Å²) in [4.78, 5) is 35.3. The number of carbonyl (C=O) groups is 2. The minimum atomic E-state index is -4.40. The molecule has 0 fully saturated rings. The molecule has 0 saturated heterocycles. The second-order valence-electron chi connectivity index (χ2n) is 14.8. The van der Waals surface area contributed by atoms with E-state index in [4.69, 9.17) is 18.5 Å². The second kappa shape index (κ2) is 35.8. The number of nitrogens with zero attached hydrogens (tertiary/aromatic N) is 1. The Hall–Kier alpha value is -2.59. The summed E-state index contributed by atoms with van der Waals surface area (Å²) in [5.74, 6) is -0.881. The number of unbranched alkanes of at least 4 members (excludes halogenated alkanes) is 10. The van der Waals surface area contributed by atoms with E-state index in [-0.39, 0.29) is 26.1 Å². The zero-order chi connectivity index (χ0) is 40.9. The number of aliphatic hydroxyl groups excluding tert-OH is 1. The minimum absolute atomic E-state index is 0.0110. The fourth-order valence-electron chi connectivity index (χ4n) is 5.06. The molecule has 0 aliphatic carbocycles. The van der Waals surface area contributed by atoms with Gasteiger partial charge in [-0.15, -0.1) is 0 Å². The Balaban J connectivity index is 4.51. The molecule has 0 saturated carbocycles. The Bertz CT molecular complexity index is 1190. The standard InChI is InChI=1S/C44H76NO9P/c1-6-8-10-11-12-13-14-15-16-17-18-21-24-27-31-35-43(47)51-39-42(40-53-55(49,50)52-38-37-45(3,4)5)54-44(48)36-32-28-25-22-19-20-23-26-30-34-41(46)33-29-9-7-2/h8-10,12-13,15-16,23,26,29-30,34,41-42,46H,6-7,11,14,17-22,24-25,27-28,31-33,35-40H2,1-5H3/p+1/b10-8-,13-12-,16-15-,26-23+,29-9+,34-30+/t41?,42-/m1/s1. The van der Waals surface area contributed by atoms with Crippen molar-refractivity contribution in [3.05, 3.63) is 72.9 Å². The van der Waals surface area contributed by atoms with E-state index in [0.29, 0.717) is 30.3 Å². The number of carbonyl (C=O) groups excluding carboxylic acids is 2. The average Bonchev–Trinajstić information content (AvgIpc) is 3.12. The molecule has 10 nitrogen and oxygen atoms in total. The predicted molar refractivity (Wildman–Crippen MR) is 225 cm³/mol. The van der Waals surface area contributed by atoms with Gasteiger partial charge in [0.2, 0.25) is 0 Å². The number of ether oxygens (including phenoxy) is 2. The van der Waals surface area contributed by atoms with E-state index in [1.165, 1.54) is 0 Å². The molecule has 0 bridgehead atoms. The number of allylic oxidation sites excluding steroid dienone is 10. The highest BCUT2D eigenvalue weighted by Crippen LogP contribution is 2.43. The first-order valence-electron chi connectivity index (χ1n) is 20.8. The smallest absolute Gasteiger partial charge is 0.462 e. The number of quaternary nitrogens is 1. The van der Waals surface area contributed by atoms with Crippen molar-refractivity contribution in [1.82, 2.24) is 0 Å². The van der Waals surface area contributed by atoms with Crippen LogP contribution in [-0.4, -0.2) is 86.1 Å². The maximum absolute atomic E-state index is 12.7. The van der Waals surface area contributed by atoms with Crippen LogP contribution in [0.1, 0.15) is 136 Å². The quantitative estimate of drug-likeness (QED) is 0.0159. The number of phosphoric acid groups is 1. The molecule has 11 heteroatoms. The first-order chi connectivity index (χ1) is 26.4. The van der Waals surface area contributed by atoms with Crippen molar-refractivity contribution < 1.29 is 47.2 Å². The van der Waals surface area contributed by atoms with Crippen molar-refractivity contribution in [2.45, 2.75) is 148 Å². The van der Waals surface area contributed by atoms with Crippen LogP contribution >= 0.6 is 7.82 Å². The van der Waals surface area contributed by atoms with E-state index < -0.39 is 38.6 Å². The van der Waals surface area contributed by atoms with Gasteiger partial charge in [-0.05, 0) is 70.6 Å². The van der Waals surface area contributed by atoms with Gasteiger partial charge >= 0.3 is 19.8 Å². The molecule has 0 spiro atoms. The third-order valence-corrected chi connectivity index (χ3v) is 9.30. The van der Waals surface area contributed by atoms with Crippen molar-refractivity contribution in [2.75, 3.05) is 47.5 Å². The third-order valence-electron chi connectivity index (χ3n) is 8.31. The number of hydrogen-bond acceptors (Lipinski definition) is 8. The molecule has 0 heterocycles. The fourth-order valence-corrected chi connectivity index (χ4v) is 5.80. The zero-order valence-corrected chi connectivity index (χ0v) is 35.9. The van der Waals surface area contributed by atoms with E-state index in [1.54, 1.807) is 6.08 Å². The highest BCUT2D eigenvalue weighted by atomic mass is 31.2. The lowest BCUT2D eigenvalue weighted by atomic mass is 10.1. The summed E-state index contributed by atoms with van der Waals surface area (Å²) in [5, 5.41) is 9.88. The highest BCUT2D eigenvalue weighted by molar-refractivity contribution is 7.47. The van der Waals surface area contributed by atoms with Crippen LogP contribution in [0.15, 0.2) is 72.9 Å². The van der Waals surface area contributed by atoms with Crippen LogP contribution in [0.25, 0.3) is 0 Å². The largest absolute Gasteiger partial charge is 0.472 e. The van der Waals surface area contributed by atoms with Gasteiger partial charge < -0.3 is 24.0 Å². The van der Waals surface area contributed by atoms with Gasteiger partial charge in [0.1, 0.15) is 19.8 Å². The Kier molecular flexibility index (Phi) is 34.1. The van der Waals surface area contributed by atoms with Crippen molar-refractivity contribution in [2.24, 2.45) is 0 Å². The summed E-state index contributed by atoms with van der Waals surface area (Å²) >= 11 is 0. The molecule has 0 rings (SSSR count). The SMILES string of the molecule is CC/C=C\C/C=C\C/C=C\CCCCCCCC(=O)OC[C@H](COP(=O)(O)OCC[N+](C)(C)C)OC(=O)CCCCCCC/C=C/C=C/C(O)C/C=C/CC. The summed E-state index contributed by atoms with van der Waals surface area (Å²) in [5.41, 5.74) is 0. The average molecular weight is 795 g/mol. The normalized spacial score (nSPS) is 15.0. The topological polar surface area (TPSA) is 129 Å². The maximum atomic E-state index is 12.7. The van der Waals surface area contributed by atoms with Gasteiger partial charge in [0.15, 0.2) is 6.10 Å². The van der Waals surface area contributed by atoms with Gasteiger partial charge in [-0.3, -0.25) is 18.6 Å². The van der Waals surface area contributed by atoms with Crippen molar-refractivity contribution >= 4 is 19.8 Å². The van der Waals surface area contributed by atoms with E-state index in [0.717, 1.165) is 89.9 Å². The Morgan fingerprint density at radius 3 is 1.84 bits per heavy atom. The van der Waals surface area contributed by atoms with Crippen LogP contribution in [0.2, 0.25) is 0 Å². The molecule has 0 radical (unpaired) electrons. The zero-order valence-electron chi connectivity index (χ0n) is 35.0. The summed E-state index contributed by atoms with van der Waals surface area (Å²) < 4.78 is 34.2. The molecule has 0 amide bonds. The first kappa shape index (κ1) is 52.4. The van der Waals surface area contributed by atoms with E-state index in [2.05, 4.69) is 56.4 Å². The van der Waals surface area contributed by atoms with Gasteiger partial charge in [0, 0.05) is 12.8 Å². The fraction of sp³-hybridized carbons (Fsp3) is 0.682. The van der Waals surface area contributed by atoms with E-state index >= 15 is 0 Å². The maximum Gasteiger partial charge on any atom is 0.472 e. The van der Waals surface area contributed by atoms with E-state index in [1.807, 2.05) is 45.4 Å². The summed E-state index contributed by atoms with van der Waals surface area (Å²) in [6, 6.07) is 0. The minimum Gasteiger partial charge on any atom is -0.462 e. The van der Waals surface area contributed by atoms with Crippen LogP contribution in [0.5, 0.6) is 0 Å². The molecule has 55 heavy (non-hydrogen) atoms. The number of hydrogen-bond donors (Lipinski definition) is 2. The van der Waals surface area contributed by atoms with Crippen LogP contribution in [0, 0.1) is 0 Å². The molecule has 0 aromatic rings. The molecule has 2 unspecified atom stereocenters. The lowest BCUT2D eigenvalue weighted by Crippen LogP contribution is -2.37. The molecule has 0 aliphatic heterocycles. The lowest BCUT2D eigenvalue weighted by molar-refractivity contribution is -0.870. The van der Waals surface area contributed by atoms with Crippen molar-refractivity contribution in [3.8, 4) is 0 Å². The summed E-state index contributed by atoms with van der Waals surface area (Å²) in [6.07, 6.45) is 39.9. The number of phosphoric ester groups is 1. The number of rotatable bonds is 36. The third kappa shape index (κ3) is 39.4. The van der Waals surface area contributed by atoms with Crippen molar-refractivity contribution in [1.29, 1.82) is 0 Å². The highest BCUT2D eigenvalue weighted by Gasteiger charge is 2.27. The molecule has 316 valence electrons. The predicted octanol–water partition coefficient (Wildman–Crippen LogP) is 10.4. The molecule has 0 aliphatic rings. The van der Waals surface area contributed by atoms with Gasteiger partial charge in [-0.2, -0.15) is 0 Å². The molecule has 0 aromatic carbocycles. The molecular weight excluding hydrogens is 717 g/mol. The van der Waals surface area contributed by atoms with Crippen LogP contribution in [0.3, 0.4) is 0 Å². The monoisotopic (exact) mass is 795 g/mol. The summed E-state index contributed by atoms with van der Waals surface area (Å²) in [7, 11) is 1.40. The Labute approximate surface area is 334 Å². The van der Waals surface area contributed by atoms with Crippen molar-refractivity contribution in [3.63, 3.8) is 0 Å². The van der Waals surface area contributed by atoms with E-state index in [9.17, 15) is 24.2 Å². The number of aliphatic hydroxyl groups is 1. The number of likely N-dealkylation sites (N-methyl/N-ethyl adjacent to an activating group) is 1.